The molecule has 0 atom stereocenters. The van der Waals surface area contributed by atoms with Gasteiger partial charge < -0.3 is 0 Å². The zero-order valence-corrected chi connectivity index (χ0v) is 6.20. The molecule has 2 nitrogen and oxygen atoms in total. The molecule has 0 N–H and O–H groups in total. The summed E-state index contributed by atoms with van der Waals surface area (Å²) >= 11 is 0. The maximum atomic E-state index is 4.08. The minimum atomic E-state index is 0.950. The van der Waals surface area contributed by atoms with E-state index in [0.717, 1.165) is 10.9 Å². The number of fused-ring (bicyclic) bond motifs is 1. The normalized spacial score (nSPS) is 10.3. The predicted octanol–water partition coefficient (Wildman–Crippen LogP) is 1.74. The van der Waals surface area contributed by atoms with Gasteiger partial charge in [-0.05, 0) is 19.1 Å². The molecule has 1 radical (unpaired) electrons. The van der Waals surface area contributed by atoms with E-state index in [0.29, 0.717) is 0 Å². The SMILES string of the molecule is Cc1ccc2ncn[c]c2c1. The topological polar surface area (TPSA) is 25.8 Å². The third kappa shape index (κ3) is 1.07. The van der Waals surface area contributed by atoms with Crippen LogP contribution >= 0.6 is 0 Å². The van der Waals surface area contributed by atoms with Crippen LogP contribution in [-0.2, 0) is 0 Å². The Balaban J connectivity index is 2.83. The van der Waals surface area contributed by atoms with Crippen molar-refractivity contribution >= 4 is 10.9 Å². The van der Waals surface area contributed by atoms with Crippen molar-refractivity contribution in [2.45, 2.75) is 6.92 Å². The molecule has 11 heavy (non-hydrogen) atoms. The van der Waals surface area contributed by atoms with Gasteiger partial charge in [0.15, 0.2) is 0 Å². The zero-order valence-electron chi connectivity index (χ0n) is 6.20. The first kappa shape index (κ1) is 6.28. The summed E-state index contributed by atoms with van der Waals surface area (Å²) in [5.74, 6) is 0. The van der Waals surface area contributed by atoms with Crippen LogP contribution < -0.4 is 0 Å². The Hall–Kier alpha value is -1.44. The molecule has 0 saturated carbocycles. The van der Waals surface area contributed by atoms with Crippen molar-refractivity contribution in [2.24, 2.45) is 0 Å². The van der Waals surface area contributed by atoms with Gasteiger partial charge in [0, 0.05) is 5.39 Å². The van der Waals surface area contributed by atoms with Crippen LogP contribution in [0.15, 0.2) is 24.5 Å². The molecule has 2 aromatic rings. The highest BCUT2D eigenvalue weighted by Gasteiger charge is 1.92. The van der Waals surface area contributed by atoms with E-state index in [1.54, 1.807) is 0 Å². The Morgan fingerprint density at radius 1 is 1.36 bits per heavy atom. The number of aromatic nitrogens is 2. The van der Waals surface area contributed by atoms with E-state index in [2.05, 4.69) is 16.2 Å². The van der Waals surface area contributed by atoms with Crippen LogP contribution in [0, 0.1) is 13.1 Å². The van der Waals surface area contributed by atoms with Crippen molar-refractivity contribution in [3.05, 3.63) is 36.3 Å². The molecule has 0 aliphatic heterocycles. The molecular formula is C9H7N2. The number of rotatable bonds is 0. The summed E-state index contributed by atoms with van der Waals surface area (Å²) < 4.78 is 0. The van der Waals surface area contributed by atoms with Gasteiger partial charge in [-0.15, -0.1) is 0 Å². The van der Waals surface area contributed by atoms with E-state index in [9.17, 15) is 0 Å². The standard InChI is InChI=1S/C9H7N2/c1-7-2-3-9-8(4-7)5-10-6-11-9/h2-4,6H,1H3. The Labute approximate surface area is 64.9 Å². The summed E-state index contributed by atoms with van der Waals surface area (Å²) in [6.07, 6.45) is 4.39. The van der Waals surface area contributed by atoms with Gasteiger partial charge >= 0.3 is 0 Å². The molecule has 0 bridgehead atoms. The number of nitrogens with zero attached hydrogens (tertiary/aromatic N) is 2. The van der Waals surface area contributed by atoms with Crippen LogP contribution in [0.5, 0.6) is 0 Å². The molecule has 0 amide bonds. The molecule has 0 fully saturated rings. The molecule has 0 aliphatic carbocycles. The molecular weight excluding hydrogens is 136 g/mol. The van der Waals surface area contributed by atoms with Gasteiger partial charge in [-0.2, -0.15) is 0 Å². The zero-order chi connectivity index (χ0) is 7.68. The number of hydrogen-bond donors (Lipinski definition) is 0. The Bertz CT molecular complexity index is 382. The molecule has 0 saturated heterocycles. The van der Waals surface area contributed by atoms with Gasteiger partial charge in [0.25, 0.3) is 0 Å². The molecule has 53 valence electrons. The fourth-order valence-electron chi connectivity index (χ4n) is 1.04. The minimum Gasteiger partial charge on any atom is -0.236 e. The first-order valence-corrected chi connectivity index (χ1v) is 3.45. The fraction of sp³-hybridized carbons (Fsp3) is 0.111. The quantitative estimate of drug-likeness (QED) is 0.561. The van der Waals surface area contributed by atoms with Gasteiger partial charge in [-0.1, -0.05) is 11.6 Å². The van der Waals surface area contributed by atoms with E-state index < -0.39 is 0 Å². The van der Waals surface area contributed by atoms with Crippen molar-refractivity contribution in [3.63, 3.8) is 0 Å². The van der Waals surface area contributed by atoms with Crippen molar-refractivity contribution in [2.75, 3.05) is 0 Å². The average molecular weight is 143 g/mol. The predicted molar refractivity (Wildman–Crippen MR) is 43.1 cm³/mol. The van der Waals surface area contributed by atoms with Gasteiger partial charge in [-0.25, -0.2) is 9.97 Å². The first-order valence-electron chi connectivity index (χ1n) is 3.45. The molecule has 1 heterocycles. The Morgan fingerprint density at radius 2 is 2.27 bits per heavy atom. The van der Waals surface area contributed by atoms with E-state index in [1.165, 1.54) is 11.9 Å². The monoisotopic (exact) mass is 143 g/mol. The number of hydrogen-bond acceptors (Lipinski definition) is 2. The highest BCUT2D eigenvalue weighted by Crippen LogP contribution is 2.09. The van der Waals surface area contributed by atoms with E-state index >= 15 is 0 Å². The maximum Gasteiger partial charge on any atom is 0.116 e. The van der Waals surface area contributed by atoms with Crippen LogP contribution in [0.3, 0.4) is 0 Å². The summed E-state index contributed by atoms with van der Waals surface area (Å²) in [5.41, 5.74) is 2.16. The van der Waals surface area contributed by atoms with Gasteiger partial charge in [-0.3, -0.25) is 0 Å². The lowest BCUT2D eigenvalue weighted by Crippen LogP contribution is -1.81. The first-order chi connectivity index (χ1) is 5.36. The van der Waals surface area contributed by atoms with Crippen LogP contribution in [0.4, 0.5) is 0 Å². The molecule has 2 heteroatoms. The fourth-order valence-corrected chi connectivity index (χ4v) is 1.04. The molecule has 1 aromatic heterocycles. The highest BCUT2D eigenvalue weighted by atomic mass is 14.8. The van der Waals surface area contributed by atoms with Gasteiger partial charge in [0.1, 0.15) is 12.5 Å². The lowest BCUT2D eigenvalue weighted by molar-refractivity contribution is 1.21. The number of aryl methyl sites for hydroxylation is 1. The average Bonchev–Trinajstić information content (AvgIpc) is 2.04. The summed E-state index contributed by atoms with van der Waals surface area (Å²) in [4.78, 5) is 7.90. The van der Waals surface area contributed by atoms with Crippen LogP contribution in [-0.4, -0.2) is 9.97 Å². The number of benzene rings is 1. The van der Waals surface area contributed by atoms with E-state index in [-0.39, 0.29) is 0 Å². The molecule has 0 spiro atoms. The molecule has 0 aliphatic rings. The van der Waals surface area contributed by atoms with Crippen molar-refractivity contribution < 1.29 is 0 Å². The van der Waals surface area contributed by atoms with E-state index in [1.807, 2.05) is 25.1 Å². The second-order valence-electron chi connectivity index (χ2n) is 2.51. The molecule has 0 unspecified atom stereocenters. The summed E-state index contributed by atoms with van der Waals surface area (Å²) in [5, 5.41) is 0.979. The van der Waals surface area contributed by atoms with Crippen LogP contribution in [0.2, 0.25) is 0 Å². The summed E-state index contributed by atoms with van der Waals surface area (Å²) in [7, 11) is 0. The summed E-state index contributed by atoms with van der Waals surface area (Å²) in [6.45, 7) is 2.04. The minimum absolute atomic E-state index is 0.950. The molecule has 2 rings (SSSR count). The van der Waals surface area contributed by atoms with Gasteiger partial charge in [0.05, 0.1) is 5.52 Å². The highest BCUT2D eigenvalue weighted by molar-refractivity contribution is 5.77. The third-order valence-electron chi connectivity index (χ3n) is 1.59. The largest absolute Gasteiger partial charge is 0.236 e. The Morgan fingerprint density at radius 3 is 3.18 bits per heavy atom. The van der Waals surface area contributed by atoms with Crippen molar-refractivity contribution in [1.82, 2.24) is 9.97 Å². The molecule has 1 aromatic carbocycles. The van der Waals surface area contributed by atoms with Gasteiger partial charge in [0.2, 0.25) is 0 Å². The lowest BCUT2D eigenvalue weighted by atomic mass is 10.2. The smallest absolute Gasteiger partial charge is 0.116 e. The van der Waals surface area contributed by atoms with Crippen LogP contribution in [0.25, 0.3) is 10.9 Å². The van der Waals surface area contributed by atoms with E-state index in [4.69, 9.17) is 0 Å². The second kappa shape index (κ2) is 2.31. The lowest BCUT2D eigenvalue weighted by Gasteiger charge is -1.94. The third-order valence-corrected chi connectivity index (χ3v) is 1.59. The second-order valence-corrected chi connectivity index (χ2v) is 2.51. The maximum absolute atomic E-state index is 4.08. The van der Waals surface area contributed by atoms with Crippen molar-refractivity contribution in [1.29, 1.82) is 0 Å². The Kier molecular flexibility index (Phi) is 1.32. The van der Waals surface area contributed by atoms with Crippen LogP contribution in [0.1, 0.15) is 5.56 Å². The van der Waals surface area contributed by atoms with Crippen molar-refractivity contribution in [3.8, 4) is 0 Å². The summed E-state index contributed by atoms with van der Waals surface area (Å²) in [6, 6.07) is 6.03.